The van der Waals surface area contributed by atoms with Crippen LogP contribution in [0, 0.1) is 0 Å². The minimum atomic E-state index is -2.70. The zero-order chi connectivity index (χ0) is 16.5. The van der Waals surface area contributed by atoms with Crippen molar-refractivity contribution in [1.29, 1.82) is 0 Å². The smallest absolute Gasteiger partial charge is 0.423 e. The van der Waals surface area contributed by atoms with Gasteiger partial charge in [-0.15, -0.1) is 0 Å². The average Bonchev–Trinajstić information content (AvgIpc) is 2.64. The summed E-state index contributed by atoms with van der Waals surface area (Å²) in [5, 5.41) is 18.4. The first-order valence-corrected chi connectivity index (χ1v) is 3.31. The van der Waals surface area contributed by atoms with Gasteiger partial charge in [0.05, 0.1) is 5.48 Å². The van der Waals surface area contributed by atoms with E-state index in [1.54, 1.807) is 0 Å². The van der Waals surface area contributed by atoms with E-state index in [2.05, 4.69) is 0 Å². The first-order chi connectivity index (χ1) is 9.34. The molecule has 0 aliphatic heterocycles. The van der Waals surface area contributed by atoms with Crippen molar-refractivity contribution in [3.05, 3.63) is 29.7 Å². The fourth-order valence-corrected chi connectivity index (χ4v) is 0.769. The predicted molar refractivity (Wildman–Crippen MR) is 48.2 cm³/mol. The minimum absolute atomic E-state index is 0.740. The second-order valence-electron chi connectivity index (χ2n) is 2.29. The van der Waals surface area contributed by atoms with E-state index in [9.17, 15) is 10.0 Å². The molecule has 1 aromatic carbocycles. The van der Waals surface area contributed by atoms with Gasteiger partial charge in [-0.05, 0) is 29.7 Å². The Balaban J connectivity index is 2.85. The van der Waals surface area contributed by atoms with Gasteiger partial charge in [-0.1, -0.05) is 24.2 Å². The van der Waals surface area contributed by atoms with Crippen LogP contribution in [0.3, 0.4) is 0 Å². The summed E-state index contributed by atoms with van der Waals surface area (Å²) in [6.45, 7) is 0. The van der Waals surface area contributed by atoms with E-state index in [0.29, 0.717) is 0 Å². The summed E-state index contributed by atoms with van der Waals surface area (Å²) in [5.41, 5.74) is -1.49. The van der Waals surface area contributed by atoms with Crippen LogP contribution in [-0.2, 0) is 0 Å². The highest BCUT2D eigenvalue weighted by Crippen LogP contribution is 2.39. The van der Waals surface area contributed by atoms with E-state index in [1.807, 2.05) is 0 Å². The molecule has 1 aliphatic carbocycles. The van der Waals surface area contributed by atoms with Crippen LogP contribution >= 0.6 is 0 Å². The molecule has 62 valence electrons. The van der Waals surface area contributed by atoms with Crippen LogP contribution in [-0.4, -0.2) is 17.2 Å². The number of hydrogen-bond donors (Lipinski definition) is 2. The average molecular weight is 171 g/mol. The van der Waals surface area contributed by atoms with Gasteiger partial charge in [-0.25, -0.2) is 0 Å². The van der Waals surface area contributed by atoms with Crippen molar-refractivity contribution >= 4 is 12.6 Å². The van der Waals surface area contributed by atoms with Crippen molar-refractivity contribution in [2.45, 2.75) is 18.6 Å². The molecular formula is C9H11BO2. The van der Waals surface area contributed by atoms with Crippen molar-refractivity contribution in [2.75, 3.05) is 0 Å². The molecule has 2 N–H and O–H groups in total. The Morgan fingerprint density at radius 1 is 1.58 bits per heavy atom. The van der Waals surface area contributed by atoms with Crippen LogP contribution in [0.25, 0.3) is 0 Å². The van der Waals surface area contributed by atoms with E-state index in [1.165, 1.54) is 0 Å². The highest BCUT2D eigenvalue weighted by molar-refractivity contribution is 6.58. The van der Waals surface area contributed by atoms with E-state index >= 15 is 0 Å². The Bertz CT molecular complexity index is 616. The Hall–Kier alpha value is -0.795. The Labute approximate surface area is 84.6 Å². The quantitative estimate of drug-likeness (QED) is 0.626. The van der Waals surface area contributed by atoms with Crippen LogP contribution < -0.4 is 5.46 Å². The molecule has 0 unspecified atom stereocenters. The summed E-state index contributed by atoms with van der Waals surface area (Å²) in [6.07, 6.45) is -5.39. The third-order valence-corrected chi connectivity index (χ3v) is 1.40. The van der Waals surface area contributed by atoms with Gasteiger partial charge in [0, 0.05) is 6.85 Å². The summed E-state index contributed by atoms with van der Waals surface area (Å²) in [4.78, 5) is 0. The van der Waals surface area contributed by atoms with E-state index in [0.717, 1.165) is 0 Å². The van der Waals surface area contributed by atoms with Gasteiger partial charge < -0.3 is 10.0 Å². The van der Waals surface area contributed by atoms with E-state index < -0.39 is 61.0 Å². The molecule has 2 nitrogen and oxygen atoms in total. The molecule has 0 heterocycles. The number of hydrogen-bond acceptors (Lipinski definition) is 2. The van der Waals surface area contributed by atoms with Gasteiger partial charge in [-0.3, -0.25) is 0 Å². The van der Waals surface area contributed by atoms with Gasteiger partial charge >= 0.3 is 7.12 Å². The van der Waals surface area contributed by atoms with Gasteiger partial charge in [0.25, 0.3) is 0 Å². The van der Waals surface area contributed by atoms with Crippen molar-refractivity contribution in [3.8, 4) is 0 Å². The molecule has 1 aromatic rings. The molecule has 0 radical (unpaired) electrons. The number of rotatable bonds is 2. The molecule has 1 fully saturated rings. The second kappa shape index (κ2) is 2.92. The van der Waals surface area contributed by atoms with Crippen LogP contribution in [0.5, 0.6) is 0 Å². The molecule has 0 saturated heterocycles. The second-order valence-corrected chi connectivity index (χ2v) is 2.29. The molecule has 3 heteroatoms. The lowest BCUT2D eigenvalue weighted by Crippen LogP contribution is -2.29. The third-order valence-electron chi connectivity index (χ3n) is 1.40. The van der Waals surface area contributed by atoms with E-state index in [4.69, 9.17) is 12.3 Å². The van der Waals surface area contributed by atoms with Crippen LogP contribution in [0.2, 0.25) is 0 Å². The molecule has 1 saturated carbocycles. The van der Waals surface area contributed by atoms with Gasteiger partial charge in [0.2, 0.25) is 0 Å². The first-order valence-electron chi connectivity index (χ1n) is 7.81. The van der Waals surface area contributed by atoms with Crippen molar-refractivity contribution < 1.29 is 22.4 Å². The summed E-state index contributed by atoms with van der Waals surface area (Å²) < 4.78 is 68.8. The summed E-state index contributed by atoms with van der Waals surface area (Å²) >= 11 is 0. The predicted octanol–water partition coefficient (Wildman–Crippen LogP) is 0.244. The summed E-state index contributed by atoms with van der Waals surface area (Å²) in [6, 6.07) is -3.28. The molecule has 12 heavy (non-hydrogen) atoms. The van der Waals surface area contributed by atoms with Crippen LogP contribution in [0.15, 0.2) is 24.2 Å². The molecule has 1 aliphatic rings. The summed E-state index contributed by atoms with van der Waals surface area (Å²) in [7, 11) is -2.31. The van der Waals surface area contributed by atoms with Crippen molar-refractivity contribution in [2.24, 2.45) is 0 Å². The lowest BCUT2D eigenvalue weighted by molar-refractivity contribution is 0.425. The molecular weight excluding hydrogens is 151 g/mol. The molecule has 0 spiro atoms. The normalized spacial score (nSPS) is 38.0. The minimum Gasteiger partial charge on any atom is -0.423 e. The first kappa shape index (κ1) is 2.60. The fourth-order valence-electron chi connectivity index (χ4n) is 0.769. The SMILES string of the molecule is [2H]c1c([2H])c(B(O)O)c([2H])c(C2([2H])C([2H])([2H])C2([2H])[2H])c1[2H]. The number of benzene rings is 1. The molecule has 0 aromatic heterocycles. The standard InChI is InChI=1S/C9H11BO2/c11-10(12)9-3-1-2-8(6-9)7-4-5-7/h1-3,6-7,11-12H,4-5H2/i1D,2D,3D,4D2,5D2,6D,7D. The topological polar surface area (TPSA) is 40.5 Å². The molecule has 0 bridgehead atoms. The largest absolute Gasteiger partial charge is 0.488 e. The molecule has 2 rings (SSSR count). The maximum Gasteiger partial charge on any atom is 0.488 e. The van der Waals surface area contributed by atoms with Crippen molar-refractivity contribution in [3.63, 3.8) is 0 Å². The zero-order valence-corrected chi connectivity index (χ0v) is 5.97. The molecule has 0 amide bonds. The third kappa shape index (κ3) is 1.52. The highest BCUT2D eigenvalue weighted by atomic mass is 16.4. The van der Waals surface area contributed by atoms with Gasteiger partial charge in [0.1, 0.15) is 0 Å². The van der Waals surface area contributed by atoms with Crippen LogP contribution in [0.4, 0.5) is 0 Å². The van der Waals surface area contributed by atoms with E-state index in [-0.39, 0.29) is 0 Å². The lowest BCUT2D eigenvalue weighted by atomic mass is 9.79. The lowest BCUT2D eigenvalue weighted by Gasteiger charge is -2.01. The van der Waals surface area contributed by atoms with Gasteiger partial charge in [-0.2, -0.15) is 0 Å². The zero-order valence-electron chi connectivity index (χ0n) is 15.0. The Kier molecular flexibility index (Phi) is 0.632. The maximum atomic E-state index is 9.19. The van der Waals surface area contributed by atoms with Crippen LogP contribution in [0.1, 0.15) is 36.5 Å². The maximum absolute atomic E-state index is 9.19. The monoisotopic (exact) mass is 171 g/mol. The summed E-state index contributed by atoms with van der Waals surface area (Å²) in [5.74, 6) is -2.61. The van der Waals surface area contributed by atoms with Crippen molar-refractivity contribution in [1.82, 2.24) is 0 Å². The highest BCUT2D eigenvalue weighted by Gasteiger charge is 2.24. The Morgan fingerprint density at radius 3 is 2.92 bits per heavy atom. The molecule has 0 atom stereocenters. The van der Waals surface area contributed by atoms with Gasteiger partial charge in [0.15, 0.2) is 0 Å². The fraction of sp³-hybridized carbons (Fsp3) is 0.333. The Morgan fingerprint density at radius 2 is 2.33 bits per heavy atom.